The summed E-state index contributed by atoms with van der Waals surface area (Å²) >= 11 is 0. The van der Waals surface area contributed by atoms with Gasteiger partial charge >= 0.3 is 38.2 Å². The molecule has 0 saturated carbocycles. The molecule has 0 unspecified atom stereocenters. The van der Waals surface area contributed by atoms with Gasteiger partial charge in [0, 0.05) is 0 Å². The van der Waals surface area contributed by atoms with Crippen LogP contribution in [0.15, 0.2) is 127 Å². The van der Waals surface area contributed by atoms with Crippen molar-refractivity contribution < 1.29 is 52.2 Å². The van der Waals surface area contributed by atoms with E-state index >= 15 is 0 Å². The summed E-state index contributed by atoms with van der Waals surface area (Å²) in [6.07, 6.45) is -8.57. The minimum Gasteiger partial charge on any atom is -0.515 e. The number of hydrogen-bond donors (Lipinski definition) is 0. The first-order valence-corrected chi connectivity index (χ1v) is 13.0. The van der Waals surface area contributed by atoms with Crippen LogP contribution in [0.25, 0.3) is 43.8 Å². The molecule has 0 spiro atoms. The Kier molecular flexibility index (Phi) is 12.7. The Morgan fingerprint density at radius 1 is 0.545 bits per heavy atom. The van der Waals surface area contributed by atoms with Crippen LogP contribution in [0, 0.1) is 14.0 Å². The molecule has 0 aliphatic carbocycles. The first kappa shape index (κ1) is 36.5. The molecule has 0 fully saturated rings. The quantitative estimate of drug-likeness (QED) is 0.0935. The largest absolute Gasteiger partial charge is 4.00 e. The molecule has 0 atom stereocenters. The third-order valence-electron chi connectivity index (χ3n) is 6.40. The van der Waals surface area contributed by atoms with E-state index in [1.165, 1.54) is 24.3 Å². The van der Waals surface area contributed by atoms with E-state index in [1.54, 1.807) is 0 Å². The second-order valence-corrected chi connectivity index (χ2v) is 9.90. The van der Waals surface area contributed by atoms with E-state index < -0.39 is 23.5 Å². The van der Waals surface area contributed by atoms with Gasteiger partial charge < -0.3 is 14.0 Å². The van der Waals surface area contributed by atoms with Gasteiger partial charge in [0.15, 0.2) is 0 Å². The van der Waals surface area contributed by atoms with Crippen LogP contribution >= 0.6 is 0 Å². The standard InChI is InChI=1S/2C16H10F3.C4H7.CH3.Hf/c2*17-16(18,19)13-9-7-12(8-10-13)15-6-2-4-11-3-1-5-14(11)15;1-4(2)3;;/h2*1-10H;1H,2-3H3;1H3;/q4*-1;+4. The number of rotatable bonds is 2. The van der Waals surface area contributed by atoms with Gasteiger partial charge in [0.1, 0.15) is 0 Å². The summed E-state index contributed by atoms with van der Waals surface area (Å²) in [6.45, 7) is 8.75. The molecule has 0 radical (unpaired) electrons. The second-order valence-electron chi connectivity index (χ2n) is 9.90. The monoisotopic (exact) mass is 768 g/mol. The Balaban J connectivity index is 0.000000263. The molecule has 0 aliphatic heterocycles. The maximum atomic E-state index is 12.5. The van der Waals surface area contributed by atoms with Crippen LogP contribution in [0.4, 0.5) is 26.3 Å². The molecule has 0 bridgehead atoms. The van der Waals surface area contributed by atoms with Gasteiger partial charge in [0.05, 0.1) is 11.1 Å². The predicted molar refractivity (Wildman–Crippen MR) is 166 cm³/mol. The Morgan fingerprint density at radius 2 is 0.864 bits per heavy atom. The fourth-order valence-electron chi connectivity index (χ4n) is 4.51. The van der Waals surface area contributed by atoms with Crippen molar-refractivity contribution in [1.82, 2.24) is 0 Å². The first-order valence-electron chi connectivity index (χ1n) is 13.0. The molecule has 0 amide bonds. The van der Waals surface area contributed by atoms with Gasteiger partial charge in [-0.3, -0.25) is 5.57 Å². The normalized spacial score (nSPS) is 10.9. The summed E-state index contributed by atoms with van der Waals surface area (Å²) in [6, 6.07) is 34.0. The summed E-state index contributed by atoms with van der Waals surface area (Å²) in [5, 5.41) is 4.30. The maximum absolute atomic E-state index is 12.5. The third-order valence-corrected chi connectivity index (χ3v) is 6.40. The van der Waals surface area contributed by atoms with E-state index in [1.807, 2.05) is 86.6 Å². The van der Waals surface area contributed by atoms with E-state index in [-0.39, 0.29) is 33.3 Å². The average Bonchev–Trinajstić information content (AvgIpc) is 3.62. The Labute approximate surface area is 273 Å². The molecule has 0 saturated heterocycles. The van der Waals surface area contributed by atoms with Crippen LogP contribution in [0.1, 0.15) is 25.0 Å². The number of benzene rings is 4. The summed E-state index contributed by atoms with van der Waals surface area (Å²) < 4.78 is 75.2. The van der Waals surface area contributed by atoms with Crippen molar-refractivity contribution in [2.45, 2.75) is 26.2 Å². The van der Waals surface area contributed by atoms with Crippen LogP contribution in [0.3, 0.4) is 0 Å². The molecule has 0 heterocycles. The minimum atomic E-state index is -4.29. The van der Waals surface area contributed by atoms with Gasteiger partial charge in [0.2, 0.25) is 0 Å². The van der Waals surface area contributed by atoms with Gasteiger partial charge in [-0.25, -0.2) is 0 Å². The van der Waals surface area contributed by atoms with Crippen LogP contribution in [-0.2, 0) is 38.2 Å². The van der Waals surface area contributed by atoms with Crippen LogP contribution in [0.5, 0.6) is 0 Å². The molecule has 6 aromatic carbocycles. The van der Waals surface area contributed by atoms with Gasteiger partial charge in [-0.05, 0) is 35.4 Å². The van der Waals surface area contributed by atoms with Crippen LogP contribution in [-0.4, -0.2) is 0 Å². The van der Waals surface area contributed by atoms with Crippen molar-refractivity contribution in [3.05, 3.63) is 152 Å². The van der Waals surface area contributed by atoms with Crippen molar-refractivity contribution in [2.75, 3.05) is 0 Å². The molecule has 0 aliphatic rings. The molecule has 224 valence electrons. The summed E-state index contributed by atoms with van der Waals surface area (Å²) in [5.74, 6) is 0. The fraction of sp³-hybridized carbons (Fsp3) is 0.108. The Morgan fingerprint density at radius 3 is 1.16 bits per heavy atom. The molecule has 0 aromatic heterocycles. The number of fused-ring (bicyclic) bond motifs is 2. The fourth-order valence-corrected chi connectivity index (χ4v) is 4.51. The molecule has 0 N–H and O–H groups in total. The summed E-state index contributed by atoms with van der Waals surface area (Å²) in [5.41, 5.74) is 3.18. The van der Waals surface area contributed by atoms with E-state index in [2.05, 4.69) is 0 Å². The van der Waals surface area contributed by atoms with Crippen LogP contribution < -0.4 is 0 Å². The van der Waals surface area contributed by atoms with Crippen molar-refractivity contribution in [3.63, 3.8) is 0 Å². The predicted octanol–water partition coefficient (Wildman–Crippen LogP) is 12.3. The van der Waals surface area contributed by atoms with Crippen LogP contribution in [0.2, 0.25) is 0 Å². The zero-order chi connectivity index (χ0) is 30.5. The average molecular weight is 767 g/mol. The van der Waals surface area contributed by atoms with Gasteiger partial charge in [-0.15, -0.1) is 57.9 Å². The molecular formula is C37H30F6Hf. The first-order chi connectivity index (χ1) is 19.8. The topological polar surface area (TPSA) is 0 Å². The van der Waals surface area contributed by atoms with Gasteiger partial charge in [0.25, 0.3) is 0 Å². The SMILES string of the molecule is FC(F)(F)c1ccc(-c2cccc3[cH-]ccc23)cc1.FC(F)(F)c1ccc(-c2cccc3[cH-]ccc23)cc1.[CH-]=C(C)C.[CH3-].[Hf+4]. The summed E-state index contributed by atoms with van der Waals surface area (Å²) in [4.78, 5) is 0. The van der Waals surface area contributed by atoms with E-state index in [0.717, 1.165) is 73.6 Å². The number of allylic oxidation sites excluding steroid dienone is 1. The molecule has 0 nitrogen and oxygen atoms in total. The zero-order valence-electron chi connectivity index (χ0n) is 24.4. The number of halogens is 6. The number of alkyl halides is 6. The summed E-state index contributed by atoms with van der Waals surface area (Å²) in [7, 11) is 0. The zero-order valence-corrected chi connectivity index (χ0v) is 28.0. The maximum Gasteiger partial charge on any atom is 4.00 e. The van der Waals surface area contributed by atoms with E-state index in [4.69, 9.17) is 6.58 Å². The smallest absolute Gasteiger partial charge is 0.515 e. The Hall–Kier alpha value is -3.71. The number of hydrogen-bond acceptors (Lipinski definition) is 0. The van der Waals surface area contributed by atoms with Crippen molar-refractivity contribution in [1.29, 1.82) is 0 Å². The van der Waals surface area contributed by atoms with Crippen molar-refractivity contribution >= 4 is 21.5 Å². The molecule has 6 rings (SSSR count). The molecule has 44 heavy (non-hydrogen) atoms. The van der Waals surface area contributed by atoms with E-state index in [9.17, 15) is 26.3 Å². The Bertz CT molecular complexity index is 1630. The van der Waals surface area contributed by atoms with Crippen molar-refractivity contribution in [3.8, 4) is 22.3 Å². The third kappa shape index (κ3) is 9.15. The molecule has 6 aromatic rings. The second kappa shape index (κ2) is 15.3. The van der Waals surface area contributed by atoms with E-state index in [0.29, 0.717) is 0 Å². The van der Waals surface area contributed by atoms with Gasteiger partial charge in [-0.1, -0.05) is 61.4 Å². The minimum absolute atomic E-state index is 0. The van der Waals surface area contributed by atoms with Gasteiger partial charge in [-0.2, -0.15) is 50.6 Å². The molecule has 7 heteroatoms. The van der Waals surface area contributed by atoms with Crippen molar-refractivity contribution in [2.24, 2.45) is 0 Å². The molecular weight excluding hydrogens is 737 g/mol.